The zero-order valence-corrected chi connectivity index (χ0v) is 20.5. The van der Waals surface area contributed by atoms with Gasteiger partial charge in [0.25, 0.3) is 0 Å². The summed E-state index contributed by atoms with van der Waals surface area (Å²) >= 11 is 0. The van der Waals surface area contributed by atoms with Crippen molar-refractivity contribution in [1.29, 1.82) is 5.41 Å². The van der Waals surface area contributed by atoms with Crippen molar-refractivity contribution in [3.05, 3.63) is 64.2 Å². The molecule has 2 amide bonds. The Kier molecular flexibility index (Phi) is 7.73. The Morgan fingerprint density at radius 1 is 1.12 bits per heavy atom. The molecule has 34 heavy (non-hydrogen) atoms. The van der Waals surface area contributed by atoms with Gasteiger partial charge in [0.2, 0.25) is 21.8 Å². The number of benzene rings is 2. The normalized spacial score (nSPS) is 15.9. The third-order valence-corrected chi connectivity index (χ3v) is 7.60. The summed E-state index contributed by atoms with van der Waals surface area (Å²) in [5, 5.41) is 10.3. The molecule has 0 radical (unpaired) electrons. The number of hydrogen-bond donors (Lipinski definition) is 4. The summed E-state index contributed by atoms with van der Waals surface area (Å²) in [6.45, 7) is 5.61. The summed E-state index contributed by atoms with van der Waals surface area (Å²) in [5.41, 5.74) is 9.09. The molecule has 3 rings (SSSR count). The van der Waals surface area contributed by atoms with Crippen LogP contribution in [0.1, 0.15) is 40.7 Å². The van der Waals surface area contributed by atoms with Crippen molar-refractivity contribution in [2.75, 3.05) is 13.1 Å². The van der Waals surface area contributed by atoms with Crippen LogP contribution in [0.5, 0.6) is 0 Å². The summed E-state index contributed by atoms with van der Waals surface area (Å²) in [7, 11) is -3.88. The lowest BCUT2D eigenvalue weighted by Crippen LogP contribution is -2.48. The first-order valence-electron chi connectivity index (χ1n) is 11.1. The molecule has 1 saturated heterocycles. The topological polar surface area (TPSA) is 145 Å². The van der Waals surface area contributed by atoms with Gasteiger partial charge in [0.15, 0.2) is 0 Å². The van der Waals surface area contributed by atoms with Crippen LogP contribution in [0.25, 0.3) is 0 Å². The van der Waals surface area contributed by atoms with E-state index in [0.29, 0.717) is 36.1 Å². The molecule has 10 heteroatoms. The fraction of sp³-hybridized carbons (Fsp3) is 0.375. The maximum Gasteiger partial charge on any atom is 0.243 e. The highest BCUT2D eigenvalue weighted by atomic mass is 32.2. The Labute approximate surface area is 200 Å². The fourth-order valence-corrected chi connectivity index (χ4v) is 5.79. The molecule has 2 aromatic carbocycles. The first kappa shape index (κ1) is 25.4. The van der Waals surface area contributed by atoms with E-state index in [9.17, 15) is 18.0 Å². The number of hydrogen-bond acceptors (Lipinski definition) is 5. The fourth-order valence-electron chi connectivity index (χ4n) is 4.37. The Bertz CT molecular complexity index is 1190. The highest BCUT2D eigenvalue weighted by Gasteiger charge is 2.34. The van der Waals surface area contributed by atoms with E-state index < -0.39 is 28.5 Å². The highest BCUT2D eigenvalue weighted by molar-refractivity contribution is 7.89. The van der Waals surface area contributed by atoms with Gasteiger partial charge in [-0.05, 0) is 50.3 Å². The zero-order valence-electron chi connectivity index (χ0n) is 19.6. The van der Waals surface area contributed by atoms with Crippen LogP contribution in [0.4, 0.5) is 0 Å². The second kappa shape index (κ2) is 10.4. The Hall–Kier alpha value is -3.24. The maximum atomic E-state index is 12.9. The SMILES string of the molecule is Cc1cc(C)c(S(=O)(=O)NCC(=O)N2CCC[C@H]2C(=O)NCc2ccc(C(=N)N)cc2)c(C)c1. The number of nitrogen functional groups attached to an aromatic ring is 1. The summed E-state index contributed by atoms with van der Waals surface area (Å²) in [6, 6.07) is 9.90. The Balaban J connectivity index is 1.60. The number of nitrogens with one attached hydrogen (secondary N) is 3. The number of likely N-dealkylation sites (tertiary alicyclic amines) is 1. The summed E-state index contributed by atoms with van der Waals surface area (Å²) < 4.78 is 28.1. The number of rotatable bonds is 8. The molecule has 0 saturated carbocycles. The number of nitrogens with zero attached hydrogens (tertiary/aromatic N) is 1. The average Bonchev–Trinajstić information content (AvgIpc) is 3.25. The van der Waals surface area contributed by atoms with Gasteiger partial charge in [-0.1, -0.05) is 42.0 Å². The Morgan fingerprint density at radius 3 is 2.32 bits per heavy atom. The first-order valence-corrected chi connectivity index (χ1v) is 12.6. The molecule has 0 aliphatic carbocycles. The predicted octanol–water partition coefficient (Wildman–Crippen LogP) is 1.48. The molecule has 2 aromatic rings. The van der Waals surface area contributed by atoms with Crippen LogP contribution in [-0.4, -0.2) is 50.1 Å². The number of aryl methyl sites for hydroxylation is 3. The van der Waals surface area contributed by atoms with Crippen LogP contribution in [0.15, 0.2) is 41.3 Å². The standard InChI is InChI=1S/C24H31N5O4S/c1-15-11-16(2)22(17(3)12-15)34(32,33)28-14-21(30)29-10-4-5-20(29)24(31)27-13-18-6-8-19(9-7-18)23(25)26/h6-9,11-12,20,28H,4-5,10,13-14H2,1-3H3,(H3,25,26)(H,27,31)/t20-/m0/s1. The molecule has 0 bridgehead atoms. The molecule has 1 aliphatic rings. The van der Waals surface area contributed by atoms with E-state index in [-0.39, 0.29) is 23.2 Å². The third-order valence-electron chi connectivity index (χ3n) is 5.89. The lowest BCUT2D eigenvalue weighted by molar-refractivity contribution is -0.137. The van der Waals surface area contributed by atoms with Gasteiger partial charge in [-0.25, -0.2) is 13.1 Å². The largest absolute Gasteiger partial charge is 0.384 e. The van der Waals surface area contributed by atoms with E-state index in [0.717, 1.165) is 11.1 Å². The molecule has 1 fully saturated rings. The van der Waals surface area contributed by atoms with Gasteiger partial charge in [-0.15, -0.1) is 0 Å². The number of carbonyl (C=O) groups excluding carboxylic acids is 2. The van der Waals surface area contributed by atoms with E-state index in [1.807, 2.05) is 6.92 Å². The minimum absolute atomic E-state index is 0.0287. The molecular formula is C24H31N5O4S. The number of sulfonamides is 1. The molecule has 182 valence electrons. The van der Waals surface area contributed by atoms with Crippen LogP contribution >= 0.6 is 0 Å². The average molecular weight is 486 g/mol. The summed E-state index contributed by atoms with van der Waals surface area (Å²) in [4.78, 5) is 27.2. The van der Waals surface area contributed by atoms with Crippen molar-refractivity contribution in [1.82, 2.24) is 14.9 Å². The van der Waals surface area contributed by atoms with Gasteiger partial charge in [-0.3, -0.25) is 15.0 Å². The molecule has 0 spiro atoms. The van der Waals surface area contributed by atoms with Crippen molar-refractivity contribution in [2.24, 2.45) is 5.73 Å². The summed E-state index contributed by atoms with van der Waals surface area (Å²) in [5.74, 6) is -0.747. The van der Waals surface area contributed by atoms with Crippen molar-refractivity contribution >= 4 is 27.7 Å². The van der Waals surface area contributed by atoms with E-state index in [4.69, 9.17) is 11.1 Å². The molecular weight excluding hydrogens is 454 g/mol. The number of amidine groups is 1. The van der Waals surface area contributed by atoms with Crippen LogP contribution in [-0.2, 0) is 26.2 Å². The van der Waals surface area contributed by atoms with E-state index in [2.05, 4.69) is 10.0 Å². The molecule has 1 atom stereocenters. The van der Waals surface area contributed by atoms with Gasteiger partial charge in [0.05, 0.1) is 11.4 Å². The first-order chi connectivity index (χ1) is 16.0. The van der Waals surface area contributed by atoms with Gasteiger partial charge < -0.3 is 16.0 Å². The second-order valence-corrected chi connectivity index (χ2v) is 10.3. The van der Waals surface area contributed by atoms with Crippen molar-refractivity contribution in [2.45, 2.75) is 51.1 Å². The van der Waals surface area contributed by atoms with Crippen LogP contribution < -0.4 is 15.8 Å². The van der Waals surface area contributed by atoms with Crippen molar-refractivity contribution < 1.29 is 18.0 Å². The molecule has 0 aromatic heterocycles. The molecule has 1 heterocycles. The predicted molar refractivity (Wildman–Crippen MR) is 130 cm³/mol. The second-order valence-electron chi connectivity index (χ2n) is 8.63. The van der Waals surface area contributed by atoms with Gasteiger partial charge in [0, 0.05) is 18.7 Å². The van der Waals surface area contributed by atoms with E-state index >= 15 is 0 Å². The Morgan fingerprint density at radius 2 is 1.74 bits per heavy atom. The molecule has 5 N–H and O–H groups in total. The van der Waals surface area contributed by atoms with Crippen molar-refractivity contribution in [3.8, 4) is 0 Å². The zero-order chi connectivity index (χ0) is 25.0. The molecule has 9 nitrogen and oxygen atoms in total. The molecule has 0 unspecified atom stereocenters. The smallest absolute Gasteiger partial charge is 0.243 e. The highest BCUT2D eigenvalue weighted by Crippen LogP contribution is 2.22. The number of carbonyl (C=O) groups is 2. The minimum Gasteiger partial charge on any atom is -0.384 e. The lowest BCUT2D eigenvalue weighted by Gasteiger charge is -2.24. The summed E-state index contributed by atoms with van der Waals surface area (Å²) in [6.07, 6.45) is 1.18. The number of nitrogens with two attached hydrogens (primary N) is 1. The number of amides is 2. The van der Waals surface area contributed by atoms with Crippen molar-refractivity contribution in [3.63, 3.8) is 0 Å². The van der Waals surface area contributed by atoms with Crippen LogP contribution in [0.2, 0.25) is 0 Å². The van der Waals surface area contributed by atoms with Gasteiger partial charge in [0.1, 0.15) is 11.9 Å². The monoisotopic (exact) mass is 485 g/mol. The van der Waals surface area contributed by atoms with Crippen LogP contribution in [0, 0.1) is 26.2 Å². The quantitative estimate of drug-likeness (QED) is 0.331. The van der Waals surface area contributed by atoms with E-state index in [1.165, 1.54) is 4.90 Å². The maximum absolute atomic E-state index is 12.9. The lowest BCUT2D eigenvalue weighted by atomic mass is 10.1. The van der Waals surface area contributed by atoms with Crippen LogP contribution in [0.3, 0.4) is 0 Å². The van der Waals surface area contributed by atoms with Gasteiger partial charge >= 0.3 is 0 Å². The third kappa shape index (κ3) is 5.81. The molecule has 1 aliphatic heterocycles. The van der Waals surface area contributed by atoms with Gasteiger partial charge in [-0.2, -0.15) is 0 Å². The minimum atomic E-state index is -3.88. The van der Waals surface area contributed by atoms with E-state index in [1.54, 1.807) is 50.2 Å².